The Labute approximate surface area is 474 Å². The minimum atomic E-state index is -5.15. The van der Waals surface area contributed by atoms with Crippen molar-refractivity contribution in [3.05, 3.63) is 267 Å². The summed E-state index contributed by atoms with van der Waals surface area (Å²) < 4.78 is 113. The first-order valence-electron chi connectivity index (χ1n) is 25.8. The zero-order valence-electron chi connectivity index (χ0n) is 43.3. The summed E-state index contributed by atoms with van der Waals surface area (Å²) in [5.74, 6) is 0. The zero-order valence-corrected chi connectivity index (χ0v) is 55.1. The van der Waals surface area contributed by atoms with E-state index in [1.807, 2.05) is 244 Å². The Kier molecular flexibility index (Phi) is 15.3. The van der Waals surface area contributed by atoms with Crippen molar-refractivity contribution in [1.82, 2.24) is 0 Å². The Morgan fingerprint density at radius 2 is 0.570 bits per heavy atom. The third-order valence-electron chi connectivity index (χ3n) is 13.6. The summed E-state index contributed by atoms with van der Waals surface area (Å²) in [6.07, 6.45) is 0. The SMILES string of the molecule is C=C[Si@]1(C)O[Si]2(c3ccccc3)O[SiH2]O[Si]3(c4ccccc4)O[Si](c4ccccc4)(O[Si]4(c5ccccc5)O[Si](c5ccccc5)(O2)O[Si](O[SiH2]c2ccccc2)(c2ccccc2)O[Si@@](C)(C=C)O[Si](c2ccccc2)(O3)O4)O1. The van der Waals surface area contributed by atoms with Gasteiger partial charge in [-0.05, 0) is 18.3 Å². The number of hydrogen-bond acceptors (Lipinski definition) is 14. The molecule has 25 heteroatoms. The van der Waals surface area contributed by atoms with Crippen molar-refractivity contribution in [2.24, 2.45) is 0 Å². The van der Waals surface area contributed by atoms with Crippen LogP contribution in [0.4, 0.5) is 0 Å². The van der Waals surface area contributed by atoms with Crippen molar-refractivity contribution in [2.75, 3.05) is 0 Å². The van der Waals surface area contributed by atoms with Gasteiger partial charge in [0.05, 0.1) is 0 Å². The highest BCUT2D eigenvalue weighted by Gasteiger charge is 2.79. The van der Waals surface area contributed by atoms with Gasteiger partial charge in [-0.15, -0.1) is 13.2 Å². The van der Waals surface area contributed by atoms with Crippen molar-refractivity contribution in [3.63, 3.8) is 0 Å². The molecule has 0 aromatic heterocycles. The van der Waals surface area contributed by atoms with Gasteiger partial charge in [-0.3, -0.25) is 0 Å². The van der Waals surface area contributed by atoms with Gasteiger partial charge in [0.25, 0.3) is 10.0 Å². The molecule has 7 unspecified atom stereocenters. The molecule has 6 bridgehead atoms. The average molecular weight is 1240 g/mol. The fourth-order valence-corrected chi connectivity index (χ4v) is 61.9. The molecule has 12 rings (SSSR count). The lowest BCUT2D eigenvalue weighted by Gasteiger charge is -2.57. The van der Waals surface area contributed by atoms with Crippen LogP contribution < -0.4 is 41.5 Å². The second-order valence-electron chi connectivity index (χ2n) is 19.2. The maximum atomic E-state index is 8.46. The molecule has 0 saturated carbocycles. The topological polar surface area (TPSA) is 129 Å². The van der Waals surface area contributed by atoms with Gasteiger partial charge in [0, 0.05) is 36.3 Å². The molecule has 8 aromatic rings. The molecule has 4 aliphatic rings. The lowest BCUT2D eigenvalue weighted by atomic mass is 10.4. The van der Waals surface area contributed by atoms with Gasteiger partial charge in [-0.1, -0.05) is 254 Å². The van der Waals surface area contributed by atoms with E-state index in [0.29, 0.717) is 36.3 Å². The van der Waals surface area contributed by atoms with Crippen LogP contribution in [-0.2, 0) is 57.6 Å². The minimum Gasteiger partial charge on any atom is -0.414 e. The Bertz CT molecular complexity index is 3390. The average Bonchev–Trinajstić information content (AvgIpc) is 2.75. The van der Waals surface area contributed by atoms with Crippen LogP contribution in [-0.4, -0.2) is 98.5 Å². The van der Waals surface area contributed by atoms with E-state index >= 15 is 0 Å². The highest BCUT2D eigenvalue weighted by molar-refractivity contribution is 7.10. The van der Waals surface area contributed by atoms with E-state index in [2.05, 4.69) is 25.3 Å². The monoisotopic (exact) mass is 1240 g/mol. The summed E-state index contributed by atoms with van der Waals surface area (Å²) in [7, 11) is -46.6. The maximum Gasteiger partial charge on any atom is 0.515 e. The smallest absolute Gasteiger partial charge is 0.414 e. The molecule has 14 nitrogen and oxygen atoms in total. The van der Waals surface area contributed by atoms with E-state index in [0.717, 1.165) is 5.19 Å². The Balaban J connectivity index is 1.31. The van der Waals surface area contributed by atoms with Gasteiger partial charge in [0.2, 0.25) is 0 Å². The van der Waals surface area contributed by atoms with Gasteiger partial charge in [0.15, 0.2) is 9.76 Å². The molecule has 4 fully saturated rings. The second kappa shape index (κ2) is 22.1. The van der Waals surface area contributed by atoms with E-state index in [-0.39, 0.29) is 0 Å². The lowest BCUT2D eigenvalue weighted by molar-refractivity contribution is 0.0580. The first kappa shape index (κ1) is 54.6. The Morgan fingerprint density at radius 3 is 0.924 bits per heavy atom. The van der Waals surface area contributed by atoms with Crippen LogP contribution in [0.5, 0.6) is 0 Å². The summed E-state index contributed by atoms with van der Waals surface area (Å²) in [5.41, 5.74) is 3.43. The van der Waals surface area contributed by atoms with Crippen molar-refractivity contribution >= 4 is 140 Å². The molecule has 4 saturated heterocycles. The molecule has 9 atom stereocenters. The fourth-order valence-electron chi connectivity index (χ4n) is 9.75. The van der Waals surface area contributed by atoms with E-state index < -0.39 is 98.5 Å². The van der Waals surface area contributed by atoms with Gasteiger partial charge in [-0.2, -0.15) is 0 Å². The van der Waals surface area contributed by atoms with Crippen LogP contribution in [0.25, 0.3) is 0 Å². The third kappa shape index (κ3) is 10.5. The standard InChI is InChI=1S/C54H56O14Si11/c1-5-71(3)58-73(48-33-17-8-18-34-48,55-69-47-31-15-7-16-32-47)62-78(53-43-27-13-28-44-53)63-74(49-35-19-9-20-36-49)56-70-57-75(50-37-21-10-22-38-50)64-76(60-71,51-39-23-11-24-40-51)66-79(68-78,54-45-29-14-30-46-54)67-77(65-75,52-41-25-12-26-42-52)61-72(4,6-2)59-74/h5-46H,1-2,69-70H2,3-4H3/t71-,72-,73?,74?,75?,76?,77?,78?,79?/m1/s1. The predicted molar refractivity (Wildman–Crippen MR) is 325 cm³/mol. The summed E-state index contributed by atoms with van der Waals surface area (Å²) in [6, 6.07) is 77.4. The van der Waals surface area contributed by atoms with E-state index in [1.54, 1.807) is 11.4 Å². The van der Waals surface area contributed by atoms with E-state index in [1.165, 1.54) is 0 Å². The van der Waals surface area contributed by atoms with Gasteiger partial charge in [0.1, 0.15) is 0 Å². The molecular weight excluding hydrogens is 1180 g/mol. The van der Waals surface area contributed by atoms with Crippen LogP contribution in [0.3, 0.4) is 0 Å². The van der Waals surface area contributed by atoms with Crippen LogP contribution in [0.15, 0.2) is 267 Å². The van der Waals surface area contributed by atoms with Crippen molar-refractivity contribution < 1.29 is 57.6 Å². The number of benzene rings is 8. The number of rotatable bonds is 12. The number of hydrogen-bond donors (Lipinski definition) is 0. The summed E-state index contributed by atoms with van der Waals surface area (Å²) in [6.45, 7) is 12.8. The highest BCUT2D eigenvalue weighted by Crippen LogP contribution is 2.43. The molecule has 4 aliphatic heterocycles. The first-order chi connectivity index (χ1) is 38.4. The van der Waals surface area contributed by atoms with Crippen LogP contribution in [0.2, 0.25) is 13.1 Å². The molecule has 400 valence electrons. The zero-order chi connectivity index (χ0) is 54.1. The summed E-state index contributed by atoms with van der Waals surface area (Å²) >= 11 is 0. The quantitative estimate of drug-likeness (QED) is 0.166. The van der Waals surface area contributed by atoms with Gasteiger partial charge in [-0.25, -0.2) is 0 Å². The van der Waals surface area contributed by atoms with E-state index in [9.17, 15) is 0 Å². The molecule has 0 N–H and O–H groups in total. The third-order valence-corrected chi connectivity index (χ3v) is 55.1. The highest BCUT2D eigenvalue weighted by atomic mass is 28.6. The molecule has 4 heterocycles. The Hall–Kier alpha value is -4.93. The van der Waals surface area contributed by atoms with Crippen LogP contribution in [0.1, 0.15) is 0 Å². The predicted octanol–water partition coefficient (Wildman–Crippen LogP) is 3.20. The normalized spacial score (nSPS) is 33.1. The largest absolute Gasteiger partial charge is 0.515 e. The molecular formula is C54H56O14Si11. The molecule has 8 aromatic carbocycles. The molecule has 79 heavy (non-hydrogen) atoms. The molecule has 0 spiro atoms. The second-order valence-corrected chi connectivity index (χ2v) is 49.7. The first-order valence-corrected chi connectivity index (χ1v) is 45.1. The lowest BCUT2D eigenvalue weighted by Crippen LogP contribution is -2.89. The maximum absolute atomic E-state index is 8.46. The van der Waals surface area contributed by atoms with E-state index in [4.69, 9.17) is 57.6 Å². The fraction of sp³-hybridized carbons (Fsp3) is 0.0370. The van der Waals surface area contributed by atoms with Crippen LogP contribution in [0, 0.1) is 0 Å². The van der Waals surface area contributed by atoms with Gasteiger partial charge >= 0.3 is 78.8 Å². The molecule has 0 radical (unpaired) electrons. The van der Waals surface area contributed by atoms with Crippen molar-refractivity contribution in [2.45, 2.75) is 13.1 Å². The Morgan fingerprint density at radius 1 is 0.316 bits per heavy atom. The van der Waals surface area contributed by atoms with Crippen LogP contribution >= 0.6 is 0 Å². The van der Waals surface area contributed by atoms with Gasteiger partial charge < -0.3 is 57.6 Å². The van der Waals surface area contributed by atoms with Crippen molar-refractivity contribution in [1.29, 1.82) is 0 Å². The van der Waals surface area contributed by atoms with Crippen molar-refractivity contribution in [3.8, 4) is 0 Å². The number of fused-ring (bicyclic) bond motifs is 6. The summed E-state index contributed by atoms with van der Waals surface area (Å²) in [5, 5.41) is 4.79. The molecule has 0 amide bonds. The summed E-state index contributed by atoms with van der Waals surface area (Å²) in [4.78, 5) is 0. The minimum absolute atomic E-state index is 0.489. The molecule has 0 aliphatic carbocycles.